The molecule has 1 saturated carbocycles. The molecule has 0 unspecified atom stereocenters. The smallest absolute Gasteiger partial charge is 0.108 e. The lowest BCUT2D eigenvalue weighted by Gasteiger charge is -2.29. The van der Waals surface area contributed by atoms with E-state index in [-0.39, 0.29) is 0 Å². The maximum atomic E-state index is 10.5. The standard InChI is InChI=1S/C25H29NO.C3H6/c1-2-3-4-5-20-8-14-23(15-9-20)24-16-10-21(11-17-24)6-7-22-12-18-25(26-27)19-13-22;1-3-2/h10-13,16-20,23H,2-5,8-9,14-15H2,1H3;3H,1H2,2H3. The second kappa shape index (κ2) is 13.5. The van der Waals surface area contributed by atoms with Crippen LogP contribution in [0.2, 0.25) is 0 Å². The van der Waals surface area contributed by atoms with E-state index in [2.05, 4.69) is 54.8 Å². The summed E-state index contributed by atoms with van der Waals surface area (Å²) in [5.74, 6) is 8.03. The first-order valence-electron chi connectivity index (χ1n) is 11.3. The number of nitroso groups, excluding NO2 is 1. The lowest BCUT2D eigenvalue weighted by molar-refractivity contribution is 0.303. The van der Waals surface area contributed by atoms with Crippen LogP contribution in [0.1, 0.15) is 87.8 Å². The largest absolute Gasteiger partial charge is 0.145 e. The summed E-state index contributed by atoms with van der Waals surface area (Å²) in [5.41, 5.74) is 3.83. The molecule has 1 aliphatic rings. The highest BCUT2D eigenvalue weighted by Crippen LogP contribution is 2.37. The fourth-order valence-electron chi connectivity index (χ4n) is 4.06. The van der Waals surface area contributed by atoms with Crippen LogP contribution in [0, 0.1) is 22.7 Å². The Morgan fingerprint density at radius 3 is 1.97 bits per heavy atom. The van der Waals surface area contributed by atoms with E-state index < -0.39 is 0 Å². The van der Waals surface area contributed by atoms with Crippen LogP contribution < -0.4 is 0 Å². The number of hydrogen-bond donors (Lipinski definition) is 0. The van der Waals surface area contributed by atoms with Gasteiger partial charge in [-0.05, 0) is 91.6 Å². The molecule has 0 aliphatic heterocycles. The first-order valence-corrected chi connectivity index (χ1v) is 11.3. The van der Waals surface area contributed by atoms with E-state index in [1.165, 1.54) is 56.9 Å². The maximum Gasteiger partial charge on any atom is 0.108 e. The molecule has 0 spiro atoms. The van der Waals surface area contributed by atoms with E-state index in [1.807, 2.05) is 19.1 Å². The summed E-state index contributed by atoms with van der Waals surface area (Å²) >= 11 is 0. The molecule has 0 atom stereocenters. The molecule has 1 fully saturated rings. The van der Waals surface area contributed by atoms with Gasteiger partial charge < -0.3 is 0 Å². The van der Waals surface area contributed by atoms with Gasteiger partial charge in [0.25, 0.3) is 0 Å². The molecule has 0 saturated heterocycles. The number of unbranched alkanes of at least 4 members (excludes halogenated alkanes) is 2. The minimum atomic E-state index is 0.435. The van der Waals surface area contributed by atoms with Crippen molar-refractivity contribution in [3.8, 4) is 11.8 Å². The van der Waals surface area contributed by atoms with Gasteiger partial charge in [0, 0.05) is 11.1 Å². The lowest BCUT2D eigenvalue weighted by Crippen LogP contribution is -2.13. The summed E-state index contributed by atoms with van der Waals surface area (Å²) in [6.45, 7) is 7.53. The molecular weight excluding hydrogens is 366 g/mol. The predicted octanol–water partition coefficient (Wildman–Crippen LogP) is 8.53. The third-order valence-electron chi connectivity index (χ3n) is 5.77. The van der Waals surface area contributed by atoms with Crippen molar-refractivity contribution in [1.29, 1.82) is 0 Å². The molecule has 0 aromatic heterocycles. The van der Waals surface area contributed by atoms with Crippen molar-refractivity contribution in [1.82, 2.24) is 0 Å². The topological polar surface area (TPSA) is 29.4 Å². The maximum absolute atomic E-state index is 10.5. The van der Waals surface area contributed by atoms with E-state index in [0.717, 1.165) is 23.0 Å². The number of nitrogens with zero attached hydrogens (tertiary/aromatic N) is 1. The van der Waals surface area contributed by atoms with Crippen molar-refractivity contribution in [3.63, 3.8) is 0 Å². The molecule has 2 heteroatoms. The molecule has 2 aromatic rings. The third-order valence-corrected chi connectivity index (χ3v) is 5.77. The monoisotopic (exact) mass is 401 g/mol. The first kappa shape index (κ1) is 23.6. The van der Waals surface area contributed by atoms with Gasteiger partial charge in [-0.25, -0.2) is 0 Å². The van der Waals surface area contributed by atoms with Crippen LogP contribution in [0.4, 0.5) is 5.69 Å². The van der Waals surface area contributed by atoms with E-state index in [4.69, 9.17) is 0 Å². The minimum Gasteiger partial charge on any atom is -0.145 e. The van der Waals surface area contributed by atoms with E-state index in [1.54, 1.807) is 18.2 Å². The van der Waals surface area contributed by atoms with Crippen molar-refractivity contribution in [2.24, 2.45) is 11.1 Å². The van der Waals surface area contributed by atoms with Crippen LogP contribution in [-0.4, -0.2) is 0 Å². The molecule has 30 heavy (non-hydrogen) atoms. The highest BCUT2D eigenvalue weighted by molar-refractivity contribution is 5.47. The minimum absolute atomic E-state index is 0.435. The molecule has 0 radical (unpaired) electrons. The molecule has 0 N–H and O–H groups in total. The fourth-order valence-corrected chi connectivity index (χ4v) is 4.06. The molecule has 0 amide bonds. The van der Waals surface area contributed by atoms with Crippen molar-refractivity contribution in [2.75, 3.05) is 0 Å². The SMILES string of the molecule is C=CC.CCCCCC1CCC(c2ccc(C#Cc3ccc(N=O)cc3)cc2)CC1. The van der Waals surface area contributed by atoms with Gasteiger partial charge in [0.15, 0.2) is 0 Å². The van der Waals surface area contributed by atoms with Gasteiger partial charge in [0.1, 0.15) is 5.69 Å². The van der Waals surface area contributed by atoms with Crippen molar-refractivity contribution >= 4 is 5.69 Å². The van der Waals surface area contributed by atoms with E-state index >= 15 is 0 Å². The van der Waals surface area contributed by atoms with Crippen molar-refractivity contribution < 1.29 is 0 Å². The Balaban J connectivity index is 0.00000101. The van der Waals surface area contributed by atoms with Gasteiger partial charge in [-0.1, -0.05) is 62.7 Å². The Kier molecular flexibility index (Phi) is 10.7. The highest BCUT2D eigenvalue weighted by Gasteiger charge is 2.21. The normalized spacial score (nSPS) is 17.7. The zero-order chi connectivity index (χ0) is 21.6. The predicted molar refractivity (Wildman–Crippen MR) is 129 cm³/mol. The molecular formula is C28H35NO. The molecule has 2 aromatic carbocycles. The quantitative estimate of drug-likeness (QED) is 0.206. The van der Waals surface area contributed by atoms with Crippen molar-refractivity contribution in [3.05, 3.63) is 82.8 Å². The molecule has 0 bridgehead atoms. The molecule has 158 valence electrons. The average molecular weight is 402 g/mol. The van der Waals surface area contributed by atoms with Gasteiger partial charge in [-0.3, -0.25) is 0 Å². The molecule has 3 rings (SSSR count). The Morgan fingerprint density at radius 2 is 1.47 bits per heavy atom. The summed E-state index contributed by atoms with van der Waals surface area (Å²) in [4.78, 5) is 10.5. The fraction of sp³-hybridized carbons (Fsp3) is 0.429. The Bertz CT molecular complexity index is 816. The second-order valence-electron chi connectivity index (χ2n) is 8.13. The van der Waals surface area contributed by atoms with Gasteiger partial charge in [-0.15, -0.1) is 11.5 Å². The number of benzene rings is 2. The summed E-state index contributed by atoms with van der Waals surface area (Å²) in [5, 5.41) is 2.91. The van der Waals surface area contributed by atoms with Gasteiger partial charge in [-0.2, -0.15) is 0 Å². The second-order valence-corrected chi connectivity index (χ2v) is 8.13. The van der Waals surface area contributed by atoms with Gasteiger partial charge in [0.2, 0.25) is 0 Å². The Morgan fingerprint density at radius 1 is 0.933 bits per heavy atom. The summed E-state index contributed by atoms with van der Waals surface area (Å²) < 4.78 is 0. The summed E-state index contributed by atoms with van der Waals surface area (Å²) in [6.07, 6.45) is 12.7. The van der Waals surface area contributed by atoms with Crippen LogP contribution >= 0.6 is 0 Å². The van der Waals surface area contributed by atoms with Crippen LogP contribution in [0.25, 0.3) is 0 Å². The lowest BCUT2D eigenvalue weighted by atomic mass is 9.77. The molecule has 2 nitrogen and oxygen atoms in total. The number of rotatable bonds is 6. The van der Waals surface area contributed by atoms with Crippen LogP contribution in [0.15, 0.2) is 66.4 Å². The first-order chi connectivity index (χ1) is 14.7. The number of allylic oxidation sites excluding steroid dienone is 1. The zero-order valence-corrected chi connectivity index (χ0v) is 18.6. The van der Waals surface area contributed by atoms with Gasteiger partial charge in [0.05, 0.1) is 0 Å². The number of hydrogen-bond acceptors (Lipinski definition) is 2. The summed E-state index contributed by atoms with van der Waals surface area (Å²) in [6, 6.07) is 15.8. The Labute approximate surface area is 182 Å². The van der Waals surface area contributed by atoms with Crippen LogP contribution in [-0.2, 0) is 0 Å². The third kappa shape index (κ3) is 7.99. The summed E-state index contributed by atoms with van der Waals surface area (Å²) in [7, 11) is 0. The average Bonchev–Trinajstić information content (AvgIpc) is 2.80. The Hall–Kier alpha value is -2.66. The molecule has 1 aliphatic carbocycles. The van der Waals surface area contributed by atoms with Gasteiger partial charge >= 0.3 is 0 Å². The zero-order valence-electron chi connectivity index (χ0n) is 18.6. The van der Waals surface area contributed by atoms with Crippen molar-refractivity contribution in [2.45, 2.75) is 71.1 Å². The highest BCUT2D eigenvalue weighted by atomic mass is 16.3. The van der Waals surface area contributed by atoms with E-state index in [0.29, 0.717) is 5.69 Å². The van der Waals surface area contributed by atoms with Crippen LogP contribution in [0.5, 0.6) is 0 Å². The van der Waals surface area contributed by atoms with Crippen LogP contribution in [0.3, 0.4) is 0 Å². The van der Waals surface area contributed by atoms with E-state index in [9.17, 15) is 4.91 Å². The molecule has 0 heterocycles.